The first kappa shape index (κ1) is 51.3. The number of rotatable bonds is 19. The molecular weight excluding hydrogens is 941 g/mol. The van der Waals surface area contributed by atoms with Crippen molar-refractivity contribution in [1.82, 2.24) is 34.9 Å². The second kappa shape index (κ2) is 21.5. The molecule has 3 N–H and O–H groups in total. The third-order valence-electron chi connectivity index (χ3n) is 11.8. The lowest BCUT2D eigenvalue weighted by molar-refractivity contribution is -0.118. The molecule has 1 aliphatic carbocycles. The molecule has 3 fully saturated rings. The summed E-state index contributed by atoms with van der Waals surface area (Å²) in [5.74, 6) is -1.17. The van der Waals surface area contributed by atoms with E-state index in [9.17, 15) is 24.3 Å². The normalized spacial score (nSPS) is 26.6. The van der Waals surface area contributed by atoms with E-state index in [1.807, 2.05) is 0 Å². The maximum atomic E-state index is 13.4. The fraction of sp³-hybridized carbons (Fsp3) is 0.737. The second-order valence-electron chi connectivity index (χ2n) is 17.8. The zero-order valence-electron chi connectivity index (χ0n) is 38.2. The molecule has 2 aliphatic heterocycles. The van der Waals surface area contributed by atoms with Crippen molar-refractivity contribution >= 4 is 66.9 Å². The Morgan fingerprint density at radius 2 is 1.82 bits per heavy atom. The fourth-order valence-electron chi connectivity index (χ4n) is 8.47. The molecule has 3 aromatic heterocycles. The lowest BCUT2D eigenvalue weighted by Crippen LogP contribution is -2.65. The van der Waals surface area contributed by atoms with Crippen LogP contribution in [0.1, 0.15) is 94.7 Å². The molecule has 27 heteroatoms. The first-order valence-electron chi connectivity index (χ1n) is 21.8. The largest absolute Gasteiger partial charge is 0.695 e. The predicted molar refractivity (Wildman–Crippen MR) is 242 cm³/mol. The van der Waals surface area contributed by atoms with Gasteiger partial charge in [0.1, 0.15) is 36.8 Å². The SMILES string of the molecule is CC(C)C(=O)Nc1nc2c(nnn2[C@@H]2O[C@@H]3CO[Si](C(C)C)(C(C)C)O[Si](C(C)C)(C(C)C)O[C@H]3[C@H]2O[P@@](=S)(OCCC#N)OC[C@H]2C[C@@H](Oc3ccncn3)C[C@@H]2O[P+](=O)O)c(=O)[nH]1. The van der Waals surface area contributed by atoms with E-state index < -0.39 is 86.2 Å². The number of nitrogens with zero attached hydrogens (tertiary/aromatic N) is 7. The summed E-state index contributed by atoms with van der Waals surface area (Å²) in [6.45, 7) is 15.8. The van der Waals surface area contributed by atoms with Crippen molar-refractivity contribution in [2.24, 2.45) is 11.8 Å². The van der Waals surface area contributed by atoms with Gasteiger partial charge in [0.05, 0.1) is 32.3 Å². The van der Waals surface area contributed by atoms with E-state index in [2.05, 4.69) is 97.0 Å². The highest BCUT2D eigenvalue weighted by molar-refractivity contribution is 8.07. The molecule has 1 saturated carbocycles. The highest BCUT2D eigenvalue weighted by Crippen LogP contribution is 2.57. The van der Waals surface area contributed by atoms with Gasteiger partial charge in [0.2, 0.25) is 17.7 Å². The zero-order valence-corrected chi connectivity index (χ0v) is 42.8. The Morgan fingerprint density at radius 3 is 2.43 bits per heavy atom. The molecule has 0 spiro atoms. The molecule has 1 amide bonds. The van der Waals surface area contributed by atoms with E-state index in [1.165, 1.54) is 17.2 Å². The van der Waals surface area contributed by atoms with Crippen molar-refractivity contribution in [3.63, 3.8) is 0 Å². The molecular formula is C38H60N9O13P2SSi2+. The minimum Gasteiger partial charge on any atom is -0.474 e. The van der Waals surface area contributed by atoms with Gasteiger partial charge in [-0.1, -0.05) is 74.5 Å². The van der Waals surface area contributed by atoms with Crippen molar-refractivity contribution < 1.29 is 54.8 Å². The van der Waals surface area contributed by atoms with Crippen LogP contribution in [-0.2, 0) is 57.0 Å². The van der Waals surface area contributed by atoms with Crippen LogP contribution in [0, 0.1) is 23.2 Å². The number of nitrogens with one attached hydrogen (secondary N) is 2. The molecule has 0 radical (unpaired) electrons. The Bertz CT molecular complexity index is 2270. The smallest absolute Gasteiger partial charge is 0.474 e. The molecule has 3 aliphatic rings. The Labute approximate surface area is 385 Å². The van der Waals surface area contributed by atoms with E-state index in [4.69, 9.17) is 52.3 Å². The monoisotopic (exact) mass is 1000 g/mol. The number of fused-ring (bicyclic) bond motifs is 2. The zero-order chi connectivity index (χ0) is 47.4. The molecule has 22 nitrogen and oxygen atoms in total. The van der Waals surface area contributed by atoms with Crippen LogP contribution in [0.25, 0.3) is 11.2 Å². The standard InChI is InChI=1S/C38H59N9O13P2SSi2/c1-21(2)35(48)43-38-42-34-31(36(49)44-38)45-46-47(34)37-33(32-29(56-37)19-54-64(22(3)4,23(5)6)60-65(59-32,24(7)8)25(9)10)58-62(63,52-15-11-13-39)53-18-26-16-27(17-28(26)57-61(50)51)55-30-12-14-40-20-41-30/h12,14,20-29,32-33,37H,11,15-19H2,1-10H3,(H2-,42,43,44,46,48,49,50,51)/p+1/t26-,27-,28+,29-,32-,33-,37-,62-/m1/s1. The molecule has 1 unspecified atom stereocenters. The van der Waals surface area contributed by atoms with E-state index in [0.717, 1.165) is 0 Å². The maximum Gasteiger partial charge on any atom is 0.695 e. The van der Waals surface area contributed by atoms with Crippen molar-refractivity contribution in [3.05, 3.63) is 28.9 Å². The van der Waals surface area contributed by atoms with Gasteiger partial charge in [-0.2, -0.15) is 14.9 Å². The Balaban J connectivity index is 1.44. The van der Waals surface area contributed by atoms with Crippen molar-refractivity contribution in [2.75, 3.05) is 25.1 Å². The van der Waals surface area contributed by atoms with Gasteiger partial charge in [0, 0.05) is 35.1 Å². The summed E-state index contributed by atoms with van der Waals surface area (Å²) in [6, 6.07) is 3.65. The number of hydrogen-bond donors (Lipinski definition) is 3. The van der Waals surface area contributed by atoms with Crippen LogP contribution in [-0.4, -0.2) is 113 Å². The number of nitriles is 1. The number of ether oxygens (including phenoxy) is 2. The molecule has 6 rings (SSSR count). The number of H-pyrrole nitrogens is 1. The van der Waals surface area contributed by atoms with Gasteiger partial charge in [-0.3, -0.25) is 24.4 Å². The van der Waals surface area contributed by atoms with Gasteiger partial charge in [-0.15, -0.1) is 14.5 Å². The number of carbonyl (C=O) groups is 1. The van der Waals surface area contributed by atoms with Crippen molar-refractivity contribution in [3.8, 4) is 11.9 Å². The number of amides is 1. The Morgan fingerprint density at radius 1 is 1.11 bits per heavy atom. The van der Waals surface area contributed by atoms with Crippen LogP contribution >= 0.6 is 15.0 Å². The minimum absolute atomic E-state index is 0.0216. The predicted octanol–water partition coefficient (Wildman–Crippen LogP) is 6.20. The summed E-state index contributed by atoms with van der Waals surface area (Å²) in [5.41, 5.74) is -1.01. The highest BCUT2D eigenvalue weighted by Gasteiger charge is 2.63. The van der Waals surface area contributed by atoms with Gasteiger partial charge in [-0.05, 0) is 40.4 Å². The fourth-order valence-corrected chi connectivity index (χ4v) is 22.3. The lowest BCUT2D eigenvalue weighted by Gasteiger charge is -2.51. The van der Waals surface area contributed by atoms with Crippen LogP contribution in [0.2, 0.25) is 22.2 Å². The van der Waals surface area contributed by atoms with Gasteiger partial charge in [0.25, 0.3) is 5.56 Å². The number of hydrogen-bond acceptors (Lipinski definition) is 19. The second-order valence-corrected chi connectivity index (χ2v) is 30.3. The summed E-state index contributed by atoms with van der Waals surface area (Å²) in [6.07, 6.45) is -2.20. The van der Waals surface area contributed by atoms with Gasteiger partial charge < -0.3 is 31.5 Å². The molecule has 358 valence electrons. The number of carbonyl (C=O) groups excluding carboxylic acids is 1. The first-order chi connectivity index (χ1) is 30.7. The Hall–Kier alpha value is -3.06. The lowest BCUT2D eigenvalue weighted by atomic mass is 10.1. The molecule has 9 atom stereocenters. The molecule has 2 saturated heterocycles. The van der Waals surface area contributed by atoms with Gasteiger partial charge >= 0.3 is 32.1 Å². The van der Waals surface area contributed by atoms with Crippen LogP contribution in [0.3, 0.4) is 0 Å². The van der Waals surface area contributed by atoms with Gasteiger partial charge in [-0.25, -0.2) is 9.97 Å². The van der Waals surface area contributed by atoms with E-state index >= 15 is 0 Å². The summed E-state index contributed by atoms with van der Waals surface area (Å²) < 4.78 is 73.3. The third-order valence-corrected chi connectivity index (χ3v) is 24.8. The minimum atomic E-state index is -3.98. The Kier molecular flexibility index (Phi) is 17.0. The van der Waals surface area contributed by atoms with E-state index in [-0.39, 0.29) is 77.8 Å². The quantitative estimate of drug-likeness (QED) is 0.0684. The summed E-state index contributed by atoms with van der Waals surface area (Å²) in [5, 5.41) is 20.7. The molecule has 5 heterocycles. The van der Waals surface area contributed by atoms with E-state index in [0.29, 0.717) is 12.3 Å². The summed E-state index contributed by atoms with van der Waals surface area (Å²) in [7, 11) is -9.42. The number of aromatic nitrogens is 7. The van der Waals surface area contributed by atoms with Crippen LogP contribution < -0.4 is 15.6 Å². The van der Waals surface area contributed by atoms with Gasteiger partial charge in [0.15, 0.2) is 17.4 Å². The summed E-state index contributed by atoms with van der Waals surface area (Å²) in [4.78, 5) is 51.2. The van der Waals surface area contributed by atoms with Crippen LogP contribution in [0.15, 0.2) is 23.4 Å². The van der Waals surface area contributed by atoms with Crippen molar-refractivity contribution in [2.45, 2.75) is 147 Å². The summed E-state index contributed by atoms with van der Waals surface area (Å²) >= 11 is 6.18. The number of anilines is 1. The molecule has 0 bridgehead atoms. The van der Waals surface area contributed by atoms with Crippen LogP contribution in [0.4, 0.5) is 5.95 Å². The van der Waals surface area contributed by atoms with Crippen LogP contribution in [0.5, 0.6) is 5.88 Å². The maximum absolute atomic E-state index is 13.4. The first-order valence-corrected chi connectivity index (χ1v) is 29.4. The average Bonchev–Trinajstić information content (AvgIpc) is 3.91. The third kappa shape index (κ3) is 11.5. The molecule has 0 aromatic carbocycles. The number of aromatic amines is 1. The topological polar surface area (TPSA) is 276 Å². The molecule has 3 aromatic rings. The molecule has 65 heavy (non-hydrogen) atoms. The van der Waals surface area contributed by atoms with Crippen molar-refractivity contribution in [1.29, 1.82) is 5.26 Å². The average molecular weight is 1000 g/mol. The highest BCUT2D eigenvalue weighted by atomic mass is 32.5. The van der Waals surface area contributed by atoms with E-state index in [1.54, 1.807) is 19.9 Å².